The van der Waals surface area contributed by atoms with Gasteiger partial charge >= 0.3 is 0 Å². The molecule has 0 radical (unpaired) electrons. The minimum Gasteiger partial charge on any atom is -0.456 e. The Morgan fingerprint density at radius 3 is 0.827 bits per heavy atom. The number of hydrogen-bond donors (Lipinski definition) is 0. The Morgan fingerprint density at radius 2 is 0.558 bits per heavy atom. The maximum Gasteiger partial charge on any atom is 0.135 e. The average Bonchev–Trinajstić information content (AvgIpc) is 3.22. The predicted molar refractivity (Wildman–Crippen MR) is 222 cm³/mol. The van der Waals surface area contributed by atoms with Gasteiger partial charge < -0.3 is 9.47 Å². The van der Waals surface area contributed by atoms with Crippen molar-refractivity contribution in [3.8, 4) is 0 Å². The second-order valence-corrected chi connectivity index (χ2v) is 14.0. The fourth-order valence-corrected chi connectivity index (χ4v) is 7.43. The van der Waals surface area contributed by atoms with E-state index in [1.54, 1.807) is 0 Å². The van der Waals surface area contributed by atoms with Gasteiger partial charge in [-0.2, -0.15) is 0 Å². The van der Waals surface area contributed by atoms with E-state index < -0.39 is 0 Å². The van der Waals surface area contributed by atoms with E-state index in [1.165, 1.54) is 0 Å². The molecular weight excluding hydrogens is 768 g/mol. The maximum atomic E-state index is 6.72. The van der Waals surface area contributed by atoms with Crippen LogP contribution < -0.4 is 0 Å². The molecule has 0 aromatic heterocycles. The Balaban J connectivity index is 1.52. The molecule has 0 N–H and O–H groups in total. The number of hydrogen-bond acceptors (Lipinski definition) is 2. The lowest BCUT2D eigenvalue weighted by atomic mass is 9.83. The topological polar surface area (TPSA) is 18.5 Å². The zero-order valence-corrected chi connectivity index (χ0v) is 31.2. The molecule has 6 aromatic rings. The van der Waals surface area contributed by atoms with Gasteiger partial charge in [-0.1, -0.05) is 190 Å². The lowest BCUT2D eigenvalue weighted by Crippen LogP contribution is -2.06. The largest absolute Gasteiger partial charge is 0.456 e. The molecule has 0 bridgehead atoms. The number of halogens is 2. The van der Waals surface area contributed by atoms with Crippen LogP contribution in [0.5, 0.6) is 0 Å². The molecule has 2 heterocycles. The van der Waals surface area contributed by atoms with Gasteiger partial charge in [0, 0.05) is 31.2 Å². The van der Waals surface area contributed by atoms with Crippen molar-refractivity contribution in [1.29, 1.82) is 0 Å². The maximum absolute atomic E-state index is 6.72. The van der Waals surface area contributed by atoms with Crippen LogP contribution in [0.4, 0.5) is 0 Å². The zero-order chi connectivity index (χ0) is 35.3. The summed E-state index contributed by atoms with van der Waals surface area (Å²) >= 11 is 7.94. The molecule has 0 fully saturated rings. The fraction of sp³-hybridized carbons (Fsp3) is 0. The molecule has 0 spiro atoms. The molecule has 0 amide bonds. The standard InChI is InChI=1S/C48H32Br2O2/c49-41-27-15-13-25-39(41)47(37-29-43(33-17-5-1-6-18-33)51-44(30-37)34-19-7-2-8-20-34)48(40-26-14-16-28-42(40)50)38-31-45(35-21-9-3-10-22-35)52-46(32-38)36-23-11-4-12-24-36/h1-32H. The van der Waals surface area contributed by atoms with Gasteiger partial charge in [-0.15, -0.1) is 0 Å². The van der Waals surface area contributed by atoms with Crippen LogP contribution in [0.1, 0.15) is 33.4 Å². The predicted octanol–water partition coefficient (Wildman–Crippen LogP) is 13.6. The van der Waals surface area contributed by atoms with E-state index in [-0.39, 0.29) is 0 Å². The van der Waals surface area contributed by atoms with Crippen molar-refractivity contribution in [1.82, 2.24) is 0 Å². The fourth-order valence-electron chi connectivity index (χ4n) is 6.47. The zero-order valence-electron chi connectivity index (χ0n) is 28.0. The minimum atomic E-state index is 0.769. The van der Waals surface area contributed by atoms with Gasteiger partial charge in [0.25, 0.3) is 0 Å². The van der Waals surface area contributed by atoms with Crippen molar-refractivity contribution in [3.63, 3.8) is 0 Å². The summed E-state index contributed by atoms with van der Waals surface area (Å²) in [6, 6.07) is 58.0. The first-order chi connectivity index (χ1) is 25.6. The molecule has 0 unspecified atom stereocenters. The summed E-state index contributed by atoms with van der Waals surface area (Å²) in [6.45, 7) is 0. The highest BCUT2D eigenvalue weighted by molar-refractivity contribution is 9.10. The van der Waals surface area contributed by atoms with Gasteiger partial charge in [0.15, 0.2) is 0 Å². The summed E-state index contributed by atoms with van der Waals surface area (Å²) in [4.78, 5) is 0. The summed E-state index contributed by atoms with van der Waals surface area (Å²) in [7, 11) is 0. The Morgan fingerprint density at radius 1 is 0.308 bits per heavy atom. The number of rotatable bonds is 7. The summed E-state index contributed by atoms with van der Waals surface area (Å²) in [5.41, 5.74) is 10.1. The summed E-state index contributed by atoms with van der Waals surface area (Å²) < 4.78 is 15.4. The van der Waals surface area contributed by atoms with Crippen molar-refractivity contribution in [2.75, 3.05) is 0 Å². The van der Waals surface area contributed by atoms with E-state index in [0.717, 1.165) is 87.7 Å². The Kier molecular flexibility index (Phi) is 9.84. The highest BCUT2D eigenvalue weighted by atomic mass is 79.9. The molecule has 2 nitrogen and oxygen atoms in total. The molecule has 0 atom stereocenters. The molecule has 0 aliphatic carbocycles. The molecule has 2 aliphatic rings. The third kappa shape index (κ3) is 7.09. The quantitative estimate of drug-likeness (QED) is 0.160. The first-order valence-corrected chi connectivity index (χ1v) is 18.6. The van der Waals surface area contributed by atoms with E-state index in [0.29, 0.717) is 0 Å². The van der Waals surface area contributed by atoms with Crippen LogP contribution in [0.25, 0.3) is 34.2 Å². The highest BCUT2D eigenvalue weighted by Gasteiger charge is 2.27. The van der Waals surface area contributed by atoms with E-state index >= 15 is 0 Å². The third-order valence-corrected chi connectivity index (χ3v) is 10.3. The Bertz CT molecular complexity index is 2150. The Labute approximate surface area is 321 Å². The smallest absolute Gasteiger partial charge is 0.135 e. The van der Waals surface area contributed by atoms with E-state index in [2.05, 4.69) is 153 Å². The molecule has 2 aliphatic heterocycles. The second-order valence-electron chi connectivity index (χ2n) is 12.3. The van der Waals surface area contributed by atoms with Gasteiger partial charge in [-0.25, -0.2) is 0 Å². The SMILES string of the molecule is Brc1ccccc1C(=C1C=C(c2ccccc2)OC(c2ccccc2)=C1)C(=C1C=C(c2ccccc2)OC(c2ccccc2)=C1)c1ccccc1Br. The molecule has 6 aromatic carbocycles. The molecule has 250 valence electrons. The van der Waals surface area contributed by atoms with Crippen LogP contribution >= 0.6 is 31.9 Å². The van der Waals surface area contributed by atoms with E-state index in [9.17, 15) is 0 Å². The second kappa shape index (κ2) is 15.3. The number of allylic oxidation sites excluding steroid dienone is 8. The van der Waals surface area contributed by atoms with Crippen molar-refractivity contribution < 1.29 is 9.47 Å². The van der Waals surface area contributed by atoms with Gasteiger partial charge in [0.05, 0.1) is 0 Å². The molecule has 0 saturated carbocycles. The van der Waals surface area contributed by atoms with Crippen LogP contribution in [0, 0.1) is 0 Å². The summed E-state index contributed by atoms with van der Waals surface area (Å²) in [6.07, 6.45) is 8.65. The molecule has 52 heavy (non-hydrogen) atoms. The monoisotopic (exact) mass is 798 g/mol. The normalized spacial score (nSPS) is 13.9. The van der Waals surface area contributed by atoms with Crippen LogP contribution in [0.15, 0.2) is 214 Å². The van der Waals surface area contributed by atoms with Crippen LogP contribution in [-0.4, -0.2) is 0 Å². The first kappa shape index (κ1) is 33.5. The van der Waals surface area contributed by atoms with Crippen LogP contribution in [0.3, 0.4) is 0 Å². The van der Waals surface area contributed by atoms with Crippen LogP contribution in [-0.2, 0) is 9.47 Å². The van der Waals surface area contributed by atoms with Gasteiger partial charge in [0.1, 0.15) is 23.0 Å². The van der Waals surface area contributed by atoms with Gasteiger partial charge in [0.2, 0.25) is 0 Å². The van der Waals surface area contributed by atoms with Crippen LogP contribution in [0.2, 0.25) is 0 Å². The van der Waals surface area contributed by atoms with Crippen molar-refractivity contribution >= 4 is 66.0 Å². The molecule has 4 heteroatoms. The average molecular weight is 801 g/mol. The molecular formula is C48H32Br2O2. The van der Waals surface area contributed by atoms with Crippen molar-refractivity contribution in [2.45, 2.75) is 0 Å². The molecule has 8 rings (SSSR count). The number of ether oxygens (including phenoxy) is 2. The Hall–Kier alpha value is -5.68. The van der Waals surface area contributed by atoms with Gasteiger partial charge in [-0.05, 0) is 69.9 Å². The molecule has 0 saturated heterocycles. The van der Waals surface area contributed by atoms with Crippen molar-refractivity contribution in [2.24, 2.45) is 0 Å². The van der Waals surface area contributed by atoms with E-state index in [1.807, 2.05) is 72.8 Å². The van der Waals surface area contributed by atoms with Gasteiger partial charge in [-0.3, -0.25) is 0 Å². The minimum absolute atomic E-state index is 0.769. The highest BCUT2D eigenvalue weighted by Crippen LogP contribution is 2.47. The lowest BCUT2D eigenvalue weighted by Gasteiger charge is -2.26. The first-order valence-electron chi connectivity index (χ1n) is 17.1. The van der Waals surface area contributed by atoms with Crippen molar-refractivity contribution in [3.05, 3.63) is 248 Å². The number of benzene rings is 6. The third-order valence-electron chi connectivity index (χ3n) is 8.93. The van der Waals surface area contributed by atoms with E-state index in [4.69, 9.17) is 9.47 Å². The summed E-state index contributed by atoms with van der Waals surface area (Å²) in [5, 5.41) is 0. The summed E-state index contributed by atoms with van der Waals surface area (Å²) in [5.74, 6) is 3.08. The lowest BCUT2D eigenvalue weighted by molar-refractivity contribution is 0.466.